The summed E-state index contributed by atoms with van der Waals surface area (Å²) in [7, 11) is 0. The van der Waals surface area contributed by atoms with Gasteiger partial charge in [0.2, 0.25) is 0 Å². The Morgan fingerprint density at radius 3 is 2.79 bits per heavy atom. The molecule has 0 radical (unpaired) electrons. The summed E-state index contributed by atoms with van der Waals surface area (Å²) in [4.78, 5) is 21.6. The molecule has 1 unspecified atom stereocenters. The highest BCUT2D eigenvalue weighted by atomic mass is 79.9. The Morgan fingerprint density at radius 1 is 1.42 bits per heavy atom. The van der Waals surface area contributed by atoms with Gasteiger partial charge in [0.05, 0.1) is 11.6 Å². The Kier molecular flexibility index (Phi) is 4.66. The summed E-state index contributed by atoms with van der Waals surface area (Å²) in [6.45, 7) is 4.02. The Morgan fingerprint density at radius 2 is 2.21 bits per heavy atom. The normalized spacial score (nSPS) is 12.2. The topological polar surface area (TPSA) is 54.9 Å². The number of halogens is 1. The summed E-state index contributed by atoms with van der Waals surface area (Å²) in [6, 6.07) is 3.39. The highest BCUT2D eigenvalue weighted by Crippen LogP contribution is 2.20. The van der Waals surface area contributed by atoms with Crippen molar-refractivity contribution in [3.8, 4) is 0 Å². The van der Waals surface area contributed by atoms with Crippen LogP contribution in [0.4, 0.5) is 0 Å². The fourth-order valence-corrected chi connectivity index (χ4v) is 2.63. The third-order valence-corrected chi connectivity index (χ3v) is 4.42. The second-order valence-electron chi connectivity index (χ2n) is 4.08. The summed E-state index contributed by atoms with van der Waals surface area (Å²) in [5, 5.41) is 3.85. The van der Waals surface area contributed by atoms with Crippen LogP contribution < -0.4 is 5.32 Å². The molecule has 2 heterocycles. The van der Waals surface area contributed by atoms with E-state index in [0.717, 1.165) is 11.4 Å². The Hall–Kier alpha value is -1.27. The number of pyridine rings is 1. The zero-order valence-electron chi connectivity index (χ0n) is 10.7. The van der Waals surface area contributed by atoms with Crippen molar-refractivity contribution in [1.29, 1.82) is 0 Å². The number of aryl methyl sites for hydroxylation is 1. The molecule has 0 fully saturated rings. The Balaban J connectivity index is 2.04. The summed E-state index contributed by atoms with van der Waals surface area (Å²) >= 11 is 4.87. The van der Waals surface area contributed by atoms with Gasteiger partial charge < -0.3 is 5.32 Å². The van der Waals surface area contributed by atoms with E-state index >= 15 is 0 Å². The van der Waals surface area contributed by atoms with Gasteiger partial charge in [0, 0.05) is 17.3 Å². The van der Waals surface area contributed by atoms with Gasteiger partial charge in [0.15, 0.2) is 0 Å². The van der Waals surface area contributed by atoms with Crippen LogP contribution in [0, 0.1) is 0 Å². The molecule has 0 aliphatic rings. The van der Waals surface area contributed by atoms with Crippen molar-refractivity contribution in [3.05, 3.63) is 44.6 Å². The van der Waals surface area contributed by atoms with Crippen molar-refractivity contribution < 1.29 is 4.79 Å². The molecule has 2 aromatic heterocycles. The molecule has 0 saturated carbocycles. The molecule has 1 amide bonds. The second-order valence-corrected chi connectivity index (χ2v) is 6.04. The standard InChI is InChI=1S/C13H14BrN3OS/c1-3-10-7-16-13(19-10)8(2)17-12(18)9-4-5-11(14)15-6-9/h4-8H,3H2,1-2H3,(H,17,18). The van der Waals surface area contributed by atoms with Crippen molar-refractivity contribution in [2.24, 2.45) is 0 Å². The molecule has 0 aromatic carbocycles. The molecular weight excluding hydrogens is 326 g/mol. The summed E-state index contributed by atoms with van der Waals surface area (Å²) in [5.74, 6) is -0.138. The molecule has 1 N–H and O–H groups in total. The summed E-state index contributed by atoms with van der Waals surface area (Å²) < 4.78 is 0.713. The maximum absolute atomic E-state index is 12.0. The molecule has 2 aromatic rings. The predicted molar refractivity (Wildman–Crippen MR) is 79.3 cm³/mol. The van der Waals surface area contributed by atoms with E-state index in [0.29, 0.717) is 10.2 Å². The van der Waals surface area contributed by atoms with Crippen molar-refractivity contribution in [3.63, 3.8) is 0 Å². The minimum absolute atomic E-state index is 0.0959. The van der Waals surface area contributed by atoms with Crippen LogP contribution in [0.2, 0.25) is 0 Å². The maximum Gasteiger partial charge on any atom is 0.253 e. The molecule has 0 aliphatic heterocycles. The lowest BCUT2D eigenvalue weighted by molar-refractivity contribution is 0.0939. The third kappa shape index (κ3) is 3.61. The van der Waals surface area contributed by atoms with Crippen molar-refractivity contribution in [2.75, 3.05) is 0 Å². The molecule has 1 atom stereocenters. The van der Waals surface area contributed by atoms with E-state index in [9.17, 15) is 4.79 Å². The number of nitrogens with one attached hydrogen (secondary N) is 1. The number of carbonyl (C=O) groups is 1. The second kappa shape index (κ2) is 6.25. The van der Waals surface area contributed by atoms with Gasteiger partial charge in [-0.05, 0) is 41.4 Å². The largest absolute Gasteiger partial charge is 0.343 e. The minimum Gasteiger partial charge on any atom is -0.343 e. The lowest BCUT2D eigenvalue weighted by Crippen LogP contribution is -2.26. The van der Waals surface area contributed by atoms with Crippen LogP contribution in [0.15, 0.2) is 29.1 Å². The number of thiazole rings is 1. The van der Waals surface area contributed by atoms with Crippen LogP contribution in [-0.4, -0.2) is 15.9 Å². The zero-order valence-corrected chi connectivity index (χ0v) is 13.1. The zero-order chi connectivity index (χ0) is 13.8. The highest BCUT2D eigenvalue weighted by Gasteiger charge is 2.14. The van der Waals surface area contributed by atoms with Crippen LogP contribution in [0.25, 0.3) is 0 Å². The summed E-state index contributed by atoms with van der Waals surface area (Å²) in [6.07, 6.45) is 4.38. The molecular formula is C13H14BrN3OS. The van der Waals surface area contributed by atoms with Gasteiger partial charge in [-0.3, -0.25) is 4.79 Å². The SMILES string of the molecule is CCc1cnc(C(C)NC(=O)c2ccc(Br)nc2)s1. The molecule has 100 valence electrons. The number of hydrogen-bond acceptors (Lipinski definition) is 4. The highest BCUT2D eigenvalue weighted by molar-refractivity contribution is 9.10. The van der Waals surface area contributed by atoms with Crippen LogP contribution in [0.3, 0.4) is 0 Å². The molecule has 4 nitrogen and oxygen atoms in total. The predicted octanol–water partition coefficient (Wildman–Crippen LogP) is 3.35. The number of aromatic nitrogens is 2. The molecule has 0 bridgehead atoms. The molecule has 0 saturated heterocycles. The number of carbonyl (C=O) groups excluding carboxylic acids is 1. The average Bonchev–Trinajstić information content (AvgIpc) is 2.88. The van der Waals surface area contributed by atoms with Crippen LogP contribution in [0.5, 0.6) is 0 Å². The quantitative estimate of drug-likeness (QED) is 0.869. The van der Waals surface area contributed by atoms with Gasteiger partial charge in [0.25, 0.3) is 5.91 Å². The van der Waals surface area contributed by atoms with Gasteiger partial charge in [-0.25, -0.2) is 9.97 Å². The van der Waals surface area contributed by atoms with Crippen LogP contribution in [0.1, 0.15) is 40.1 Å². The third-order valence-electron chi connectivity index (χ3n) is 2.63. The van der Waals surface area contributed by atoms with Gasteiger partial charge in [0.1, 0.15) is 9.61 Å². The summed E-state index contributed by atoms with van der Waals surface area (Å²) in [5.41, 5.74) is 0.544. The van der Waals surface area contributed by atoms with Crippen molar-refractivity contribution in [2.45, 2.75) is 26.3 Å². The smallest absolute Gasteiger partial charge is 0.253 e. The van der Waals surface area contributed by atoms with Crippen molar-refractivity contribution in [1.82, 2.24) is 15.3 Å². The fraction of sp³-hybridized carbons (Fsp3) is 0.308. The van der Waals surface area contributed by atoms with Crippen molar-refractivity contribution >= 4 is 33.2 Å². The first-order valence-electron chi connectivity index (χ1n) is 5.97. The van der Waals surface area contributed by atoms with E-state index in [1.807, 2.05) is 13.1 Å². The van der Waals surface area contributed by atoms with E-state index in [4.69, 9.17) is 0 Å². The van der Waals surface area contributed by atoms with Crippen LogP contribution >= 0.6 is 27.3 Å². The number of amides is 1. The van der Waals surface area contributed by atoms with Gasteiger partial charge >= 0.3 is 0 Å². The van der Waals surface area contributed by atoms with E-state index < -0.39 is 0 Å². The average molecular weight is 340 g/mol. The molecule has 2 rings (SSSR count). The lowest BCUT2D eigenvalue weighted by atomic mass is 10.2. The number of rotatable bonds is 4. The van der Waals surface area contributed by atoms with Gasteiger partial charge in [-0.2, -0.15) is 0 Å². The molecule has 0 spiro atoms. The first-order chi connectivity index (χ1) is 9.10. The molecule has 19 heavy (non-hydrogen) atoms. The van der Waals surface area contributed by atoms with E-state index in [2.05, 4.69) is 38.1 Å². The Labute approximate surface area is 124 Å². The first-order valence-corrected chi connectivity index (χ1v) is 7.58. The first kappa shape index (κ1) is 14.1. The van der Waals surface area contributed by atoms with Crippen LogP contribution in [-0.2, 0) is 6.42 Å². The maximum atomic E-state index is 12.0. The number of hydrogen-bond donors (Lipinski definition) is 1. The van der Waals surface area contributed by atoms with Gasteiger partial charge in [-0.1, -0.05) is 6.92 Å². The fourth-order valence-electron chi connectivity index (χ4n) is 1.54. The van der Waals surface area contributed by atoms with Gasteiger partial charge in [-0.15, -0.1) is 11.3 Å². The Bertz CT molecular complexity index is 568. The monoisotopic (exact) mass is 339 g/mol. The number of nitrogens with zero attached hydrogens (tertiary/aromatic N) is 2. The lowest BCUT2D eigenvalue weighted by Gasteiger charge is -2.10. The minimum atomic E-state index is -0.138. The van der Waals surface area contributed by atoms with E-state index in [1.165, 1.54) is 4.88 Å². The van der Waals surface area contributed by atoms with E-state index in [-0.39, 0.29) is 11.9 Å². The molecule has 0 aliphatic carbocycles. The van der Waals surface area contributed by atoms with E-state index in [1.54, 1.807) is 29.7 Å². The molecule has 6 heteroatoms.